The first kappa shape index (κ1) is 14.0. The molecule has 1 atom stereocenters. The van der Waals surface area contributed by atoms with Crippen molar-refractivity contribution in [3.63, 3.8) is 0 Å². The van der Waals surface area contributed by atoms with E-state index in [2.05, 4.69) is 25.9 Å². The first-order chi connectivity index (χ1) is 9.02. The summed E-state index contributed by atoms with van der Waals surface area (Å²) >= 11 is 3.27. The lowest BCUT2D eigenvalue weighted by atomic mass is 10.2. The molecular weight excluding hydrogens is 312 g/mol. The molecule has 0 saturated carbocycles. The Bertz CT molecular complexity index is 483. The number of rotatable bonds is 3. The highest BCUT2D eigenvalue weighted by Gasteiger charge is 2.29. The number of hydrogen-bond donors (Lipinski definition) is 0. The van der Waals surface area contributed by atoms with Gasteiger partial charge in [0.15, 0.2) is 5.82 Å². The minimum atomic E-state index is 0.116. The number of carbonyl (C=O) groups excluding carboxylic acids is 1. The highest BCUT2D eigenvalue weighted by molar-refractivity contribution is 9.10. The van der Waals surface area contributed by atoms with Crippen LogP contribution >= 0.6 is 15.9 Å². The smallest absolute Gasteiger partial charge is 0.258 e. The van der Waals surface area contributed by atoms with Crippen LogP contribution < -0.4 is 9.64 Å². The zero-order valence-corrected chi connectivity index (χ0v) is 12.8. The predicted octanol–water partition coefficient (Wildman–Crippen LogP) is 1.30. The van der Waals surface area contributed by atoms with Gasteiger partial charge in [-0.05, 0) is 22.4 Å². The van der Waals surface area contributed by atoms with Gasteiger partial charge in [0, 0.05) is 33.1 Å². The highest BCUT2D eigenvalue weighted by atomic mass is 79.9. The van der Waals surface area contributed by atoms with Crippen molar-refractivity contribution in [2.24, 2.45) is 0 Å². The highest BCUT2D eigenvalue weighted by Crippen LogP contribution is 2.28. The molecule has 1 amide bonds. The van der Waals surface area contributed by atoms with Crippen molar-refractivity contribution in [2.45, 2.75) is 19.4 Å². The summed E-state index contributed by atoms with van der Waals surface area (Å²) in [5.41, 5.74) is 0. The molecular formula is C12H17BrN4O2. The van der Waals surface area contributed by atoms with E-state index in [-0.39, 0.29) is 11.9 Å². The second kappa shape index (κ2) is 5.73. The minimum Gasteiger partial charge on any atom is -0.478 e. The number of methoxy groups -OCH3 is 1. The SMILES string of the molecule is COc1nc(Br)cnc1N(C)C1CCN(C(C)=O)C1. The molecule has 1 saturated heterocycles. The topological polar surface area (TPSA) is 58.6 Å². The van der Waals surface area contributed by atoms with Crippen LogP contribution in [-0.2, 0) is 4.79 Å². The lowest BCUT2D eigenvalue weighted by Crippen LogP contribution is -2.36. The average molecular weight is 329 g/mol. The van der Waals surface area contributed by atoms with Crippen LogP contribution in [0, 0.1) is 0 Å². The summed E-state index contributed by atoms with van der Waals surface area (Å²) in [6.45, 7) is 3.10. The van der Waals surface area contributed by atoms with E-state index in [0.29, 0.717) is 22.8 Å². The Morgan fingerprint density at radius 1 is 1.63 bits per heavy atom. The largest absolute Gasteiger partial charge is 0.478 e. The van der Waals surface area contributed by atoms with Crippen LogP contribution in [0.15, 0.2) is 10.8 Å². The lowest BCUT2D eigenvalue weighted by Gasteiger charge is -2.26. The van der Waals surface area contributed by atoms with E-state index in [0.717, 1.165) is 13.0 Å². The molecule has 6 nitrogen and oxygen atoms in total. The van der Waals surface area contributed by atoms with Gasteiger partial charge in [-0.25, -0.2) is 9.97 Å². The van der Waals surface area contributed by atoms with Gasteiger partial charge in [-0.1, -0.05) is 0 Å². The first-order valence-corrected chi connectivity index (χ1v) is 6.87. The molecule has 7 heteroatoms. The second-order valence-corrected chi connectivity index (χ2v) is 5.36. The quantitative estimate of drug-likeness (QED) is 0.837. The van der Waals surface area contributed by atoms with E-state index in [1.807, 2.05) is 16.8 Å². The van der Waals surface area contributed by atoms with Crippen molar-refractivity contribution in [1.29, 1.82) is 0 Å². The third kappa shape index (κ3) is 2.97. The minimum absolute atomic E-state index is 0.116. The number of hydrogen-bond acceptors (Lipinski definition) is 5. The van der Waals surface area contributed by atoms with Gasteiger partial charge in [0.1, 0.15) is 4.60 Å². The molecule has 0 radical (unpaired) electrons. The number of carbonyl (C=O) groups is 1. The Balaban J connectivity index is 2.16. The van der Waals surface area contributed by atoms with Gasteiger partial charge in [0.25, 0.3) is 5.88 Å². The van der Waals surface area contributed by atoms with Crippen molar-refractivity contribution in [1.82, 2.24) is 14.9 Å². The number of likely N-dealkylation sites (N-methyl/N-ethyl adjacent to an activating group) is 1. The lowest BCUT2D eigenvalue weighted by molar-refractivity contribution is -0.127. The van der Waals surface area contributed by atoms with Gasteiger partial charge >= 0.3 is 0 Å². The van der Waals surface area contributed by atoms with Gasteiger partial charge < -0.3 is 14.5 Å². The molecule has 19 heavy (non-hydrogen) atoms. The number of nitrogens with zero attached hydrogens (tertiary/aromatic N) is 4. The molecule has 0 aromatic carbocycles. The monoisotopic (exact) mass is 328 g/mol. The summed E-state index contributed by atoms with van der Waals surface area (Å²) in [5.74, 6) is 1.30. The molecule has 2 rings (SSSR count). The number of anilines is 1. The number of likely N-dealkylation sites (tertiary alicyclic amines) is 1. The molecule has 1 aliphatic heterocycles. The molecule has 0 spiro atoms. The van der Waals surface area contributed by atoms with E-state index in [9.17, 15) is 4.79 Å². The van der Waals surface area contributed by atoms with Crippen LogP contribution in [0.25, 0.3) is 0 Å². The van der Waals surface area contributed by atoms with Crippen molar-refractivity contribution in [2.75, 3.05) is 32.1 Å². The van der Waals surface area contributed by atoms with E-state index < -0.39 is 0 Å². The maximum absolute atomic E-state index is 11.4. The van der Waals surface area contributed by atoms with Crippen LogP contribution in [0.5, 0.6) is 5.88 Å². The Morgan fingerprint density at radius 3 is 2.95 bits per heavy atom. The van der Waals surface area contributed by atoms with Gasteiger partial charge in [0.05, 0.1) is 13.3 Å². The summed E-state index contributed by atoms with van der Waals surface area (Å²) in [5, 5.41) is 0. The van der Waals surface area contributed by atoms with Gasteiger partial charge in [0.2, 0.25) is 5.91 Å². The molecule has 104 valence electrons. The second-order valence-electron chi connectivity index (χ2n) is 4.54. The van der Waals surface area contributed by atoms with Crippen molar-refractivity contribution >= 4 is 27.7 Å². The fourth-order valence-electron chi connectivity index (χ4n) is 2.24. The zero-order valence-electron chi connectivity index (χ0n) is 11.3. The van der Waals surface area contributed by atoms with E-state index in [1.54, 1.807) is 20.2 Å². The Labute approximate surface area is 120 Å². The van der Waals surface area contributed by atoms with Crippen LogP contribution in [-0.4, -0.2) is 54.1 Å². The van der Waals surface area contributed by atoms with Crippen LogP contribution in [0.1, 0.15) is 13.3 Å². The van der Waals surface area contributed by atoms with Gasteiger partial charge in [-0.2, -0.15) is 0 Å². The first-order valence-electron chi connectivity index (χ1n) is 6.07. The molecule has 0 bridgehead atoms. The van der Waals surface area contributed by atoms with Crippen molar-refractivity contribution < 1.29 is 9.53 Å². The Kier molecular flexibility index (Phi) is 4.24. The maximum atomic E-state index is 11.4. The number of amides is 1. The summed E-state index contributed by atoms with van der Waals surface area (Å²) in [6.07, 6.45) is 2.57. The predicted molar refractivity (Wildman–Crippen MR) is 75.3 cm³/mol. The van der Waals surface area contributed by atoms with Crippen molar-refractivity contribution in [3.8, 4) is 5.88 Å². The standard InChI is InChI=1S/C12H17BrN4O2/c1-8(18)17-5-4-9(7-17)16(2)11-12(19-3)15-10(13)6-14-11/h6,9H,4-5,7H2,1-3H3. The van der Waals surface area contributed by atoms with E-state index >= 15 is 0 Å². The van der Waals surface area contributed by atoms with Crippen molar-refractivity contribution in [3.05, 3.63) is 10.8 Å². The van der Waals surface area contributed by atoms with Crippen LogP contribution in [0.3, 0.4) is 0 Å². The van der Waals surface area contributed by atoms with Gasteiger partial charge in [-0.15, -0.1) is 0 Å². The maximum Gasteiger partial charge on any atom is 0.258 e. The van der Waals surface area contributed by atoms with Gasteiger partial charge in [-0.3, -0.25) is 4.79 Å². The molecule has 1 aromatic rings. The third-order valence-corrected chi connectivity index (χ3v) is 3.76. The number of ether oxygens (including phenoxy) is 1. The zero-order chi connectivity index (χ0) is 14.0. The molecule has 1 fully saturated rings. The Morgan fingerprint density at radius 2 is 2.37 bits per heavy atom. The summed E-state index contributed by atoms with van der Waals surface area (Å²) < 4.78 is 5.89. The van der Waals surface area contributed by atoms with Crippen LogP contribution in [0.2, 0.25) is 0 Å². The molecule has 0 N–H and O–H groups in total. The normalized spacial score (nSPS) is 18.5. The fraction of sp³-hybridized carbons (Fsp3) is 0.583. The molecule has 2 heterocycles. The summed E-state index contributed by atoms with van der Waals surface area (Å²) in [7, 11) is 3.53. The number of halogens is 1. The third-order valence-electron chi connectivity index (χ3n) is 3.38. The number of aromatic nitrogens is 2. The molecule has 1 aromatic heterocycles. The molecule has 1 aliphatic rings. The van der Waals surface area contributed by atoms with E-state index in [1.165, 1.54) is 0 Å². The summed E-state index contributed by atoms with van der Waals surface area (Å²) in [4.78, 5) is 23.8. The molecule has 0 aliphatic carbocycles. The summed E-state index contributed by atoms with van der Waals surface area (Å²) in [6, 6.07) is 0.244. The Hall–Kier alpha value is -1.37. The van der Waals surface area contributed by atoms with E-state index in [4.69, 9.17) is 4.74 Å². The fourth-order valence-corrected chi connectivity index (χ4v) is 2.50. The molecule has 1 unspecified atom stereocenters. The van der Waals surface area contributed by atoms with Crippen LogP contribution in [0.4, 0.5) is 5.82 Å². The average Bonchev–Trinajstić information content (AvgIpc) is 2.87.